The summed E-state index contributed by atoms with van der Waals surface area (Å²) in [4.78, 5) is 28.4. The van der Waals surface area contributed by atoms with Gasteiger partial charge in [0.15, 0.2) is 0 Å². The van der Waals surface area contributed by atoms with Gasteiger partial charge in [0, 0.05) is 29.3 Å². The highest BCUT2D eigenvalue weighted by molar-refractivity contribution is 8.00. The van der Waals surface area contributed by atoms with Crippen LogP contribution in [0.25, 0.3) is 16.9 Å². The van der Waals surface area contributed by atoms with E-state index in [0.717, 1.165) is 11.6 Å². The van der Waals surface area contributed by atoms with E-state index in [0.29, 0.717) is 28.3 Å². The molecule has 1 N–H and O–H groups in total. The molecular weight excluding hydrogens is 573 g/mol. The van der Waals surface area contributed by atoms with Crippen molar-refractivity contribution in [3.63, 3.8) is 0 Å². The molecule has 1 aromatic heterocycles. The molecule has 2 heterocycles. The predicted molar refractivity (Wildman–Crippen MR) is 160 cm³/mol. The molecule has 43 heavy (non-hydrogen) atoms. The maximum Gasteiger partial charge on any atom is 0.240 e. The van der Waals surface area contributed by atoms with Gasteiger partial charge in [-0.25, -0.2) is 17.9 Å². The molecule has 0 bridgehead atoms. The number of anilines is 1. The van der Waals surface area contributed by atoms with Crippen molar-refractivity contribution in [2.45, 2.75) is 11.8 Å². The van der Waals surface area contributed by atoms with Gasteiger partial charge in [0.25, 0.3) is 0 Å². The van der Waals surface area contributed by atoms with Crippen LogP contribution < -0.4 is 10.2 Å². The van der Waals surface area contributed by atoms with Crippen molar-refractivity contribution in [3.05, 3.63) is 137 Å². The third-order valence-electron chi connectivity index (χ3n) is 7.09. The van der Waals surface area contributed by atoms with Crippen LogP contribution in [0.1, 0.15) is 21.9 Å². The van der Waals surface area contributed by atoms with Crippen molar-refractivity contribution in [1.29, 1.82) is 0 Å². The molecule has 1 atom stereocenters. The fourth-order valence-electron chi connectivity index (χ4n) is 5.04. The summed E-state index contributed by atoms with van der Waals surface area (Å²) < 4.78 is 44.2. The smallest absolute Gasteiger partial charge is 0.240 e. The number of aromatic nitrogens is 2. The maximum absolute atomic E-state index is 15.3. The lowest BCUT2D eigenvalue weighted by Crippen LogP contribution is -2.42. The van der Waals surface area contributed by atoms with Crippen LogP contribution in [0.2, 0.25) is 0 Å². The van der Waals surface area contributed by atoms with E-state index < -0.39 is 22.8 Å². The van der Waals surface area contributed by atoms with Gasteiger partial charge in [0.05, 0.1) is 22.4 Å². The van der Waals surface area contributed by atoms with Crippen LogP contribution in [0, 0.1) is 17.5 Å². The molecule has 1 aliphatic rings. The summed E-state index contributed by atoms with van der Waals surface area (Å²) >= 11 is 1.19. The number of amides is 2. The first kappa shape index (κ1) is 28.3. The highest BCUT2D eigenvalue weighted by Gasteiger charge is 2.38. The number of benzene rings is 4. The molecular formula is C33H25F3N4O2S. The van der Waals surface area contributed by atoms with Gasteiger partial charge in [0.2, 0.25) is 11.8 Å². The lowest BCUT2D eigenvalue weighted by molar-refractivity contribution is -0.123. The van der Waals surface area contributed by atoms with Gasteiger partial charge in [-0.1, -0.05) is 66.7 Å². The van der Waals surface area contributed by atoms with Crippen molar-refractivity contribution in [3.8, 4) is 16.9 Å². The van der Waals surface area contributed by atoms with Gasteiger partial charge in [-0.2, -0.15) is 5.10 Å². The Morgan fingerprint density at radius 1 is 0.884 bits per heavy atom. The molecule has 216 valence electrons. The second kappa shape index (κ2) is 12.2. The minimum Gasteiger partial charge on any atom is -0.350 e. The second-order valence-corrected chi connectivity index (χ2v) is 11.0. The molecule has 0 saturated carbocycles. The Morgan fingerprint density at radius 3 is 2.26 bits per heavy atom. The van der Waals surface area contributed by atoms with Gasteiger partial charge in [-0.3, -0.25) is 14.5 Å². The first-order chi connectivity index (χ1) is 20.9. The second-order valence-electron chi connectivity index (χ2n) is 9.94. The van der Waals surface area contributed by atoms with Crippen molar-refractivity contribution < 1.29 is 22.8 Å². The quantitative estimate of drug-likeness (QED) is 0.234. The number of carbonyl (C=O) groups excluding carboxylic acids is 2. The molecule has 0 aliphatic carbocycles. The monoisotopic (exact) mass is 598 g/mol. The summed E-state index contributed by atoms with van der Waals surface area (Å²) in [5.41, 5.74) is 3.30. The van der Waals surface area contributed by atoms with E-state index >= 15 is 4.39 Å². The van der Waals surface area contributed by atoms with E-state index in [2.05, 4.69) is 5.32 Å². The van der Waals surface area contributed by atoms with E-state index in [-0.39, 0.29) is 36.1 Å². The van der Waals surface area contributed by atoms with Crippen molar-refractivity contribution in [2.75, 3.05) is 17.2 Å². The van der Waals surface area contributed by atoms with Gasteiger partial charge in [-0.05, 0) is 35.9 Å². The molecule has 1 aliphatic heterocycles. The summed E-state index contributed by atoms with van der Waals surface area (Å²) in [5.74, 6) is -2.39. The van der Waals surface area contributed by atoms with Crippen molar-refractivity contribution in [1.82, 2.24) is 15.1 Å². The fraction of sp³-hybridized carbons (Fsp3) is 0.121. The first-order valence-corrected chi connectivity index (χ1v) is 14.6. The fourth-order valence-corrected chi connectivity index (χ4v) is 6.26. The van der Waals surface area contributed by atoms with Crippen LogP contribution >= 0.6 is 11.8 Å². The molecule has 0 radical (unpaired) electrons. The number of fused-ring (bicyclic) bond motifs is 1. The predicted octanol–water partition coefficient (Wildman–Crippen LogP) is 6.44. The Kier molecular flexibility index (Phi) is 8.02. The summed E-state index contributed by atoms with van der Waals surface area (Å²) in [6, 6.07) is 27.6. The summed E-state index contributed by atoms with van der Waals surface area (Å²) in [7, 11) is 0. The largest absolute Gasteiger partial charge is 0.350 e. The van der Waals surface area contributed by atoms with Gasteiger partial charge in [0.1, 0.15) is 29.8 Å². The Balaban J connectivity index is 1.50. The topological polar surface area (TPSA) is 67.2 Å². The van der Waals surface area contributed by atoms with Gasteiger partial charge in [-0.15, -0.1) is 11.8 Å². The SMILES string of the molecule is O=C(CN1C(=O)CSC(c2ccc(F)cc2F)c2c(-c3ccccc3)nn(-c3ccccc3)c21)NCc1ccc(F)cc1. The molecule has 0 saturated heterocycles. The number of nitrogens with zero attached hydrogens (tertiary/aromatic N) is 3. The lowest BCUT2D eigenvalue weighted by Gasteiger charge is -2.23. The Hall–Kier alpha value is -4.83. The van der Waals surface area contributed by atoms with Crippen molar-refractivity contribution in [2.24, 2.45) is 0 Å². The molecule has 5 aromatic rings. The number of thioether (sulfide) groups is 1. The average molecular weight is 599 g/mol. The molecule has 0 spiro atoms. The molecule has 1 unspecified atom stereocenters. The molecule has 0 fully saturated rings. The van der Waals surface area contributed by atoms with Gasteiger partial charge >= 0.3 is 0 Å². The van der Waals surface area contributed by atoms with E-state index in [1.165, 1.54) is 40.9 Å². The van der Waals surface area contributed by atoms with Crippen LogP contribution in [-0.4, -0.2) is 33.9 Å². The number of nitrogens with one attached hydrogen (secondary N) is 1. The van der Waals surface area contributed by atoms with Crippen LogP contribution in [0.3, 0.4) is 0 Å². The Bertz CT molecular complexity index is 1780. The molecule has 4 aromatic carbocycles. The standard InChI is InChI=1S/C33H25F3N4O2S/c34-23-13-11-21(12-14-23)18-37-28(41)19-39-29(42)20-43-32(26-16-15-24(35)17-27(26)36)30-31(22-7-3-1-4-8-22)38-40(33(30)39)25-9-5-2-6-10-25/h1-17,32H,18-20H2,(H,37,41). The van der Waals surface area contributed by atoms with E-state index in [4.69, 9.17) is 5.10 Å². The zero-order valence-electron chi connectivity index (χ0n) is 22.7. The lowest BCUT2D eigenvalue weighted by atomic mass is 9.99. The van der Waals surface area contributed by atoms with Crippen LogP contribution in [0.4, 0.5) is 19.0 Å². The molecule has 10 heteroatoms. The van der Waals surface area contributed by atoms with E-state index in [9.17, 15) is 18.4 Å². The molecule has 6 nitrogen and oxygen atoms in total. The highest BCUT2D eigenvalue weighted by atomic mass is 32.2. The summed E-state index contributed by atoms with van der Waals surface area (Å²) in [6.07, 6.45) is 0. The Labute approximate surface area is 250 Å². The van der Waals surface area contributed by atoms with Crippen molar-refractivity contribution >= 4 is 29.4 Å². The first-order valence-electron chi connectivity index (χ1n) is 13.5. The van der Waals surface area contributed by atoms with Gasteiger partial charge < -0.3 is 5.32 Å². The zero-order valence-corrected chi connectivity index (χ0v) is 23.5. The van der Waals surface area contributed by atoms with Crippen LogP contribution in [-0.2, 0) is 16.1 Å². The normalized spacial score (nSPS) is 14.7. The summed E-state index contributed by atoms with van der Waals surface area (Å²) in [6.45, 7) is -0.196. The summed E-state index contributed by atoms with van der Waals surface area (Å²) in [5, 5.41) is 7.00. The number of hydrogen-bond acceptors (Lipinski definition) is 4. The number of rotatable bonds is 7. The number of para-hydroxylation sites is 1. The minimum absolute atomic E-state index is 0.0651. The third kappa shape index (κ3) is 5.91. The zero-order chi connectivity index (χ0) is 29.9. The molecule has 2 amide bonds. The number of halogens is 3. The number of carbonyl (C=O) groups is 2. The van der Waals surface area contributed by atoms with Crippen LogP contribution in [0.5, 0.6) is 0 Å². The van der Waals surface area contributed by atoms with Crippen LogP contribution in [0.15, 0.2) is 103 Å². The van der Waals surface area contributed by atoms with E-state index in [1.807, 2.05) is 60.7 Å². The third-order valence-corrected chi connectivity index (χ3v) is 8.32. The Morgan fingerprint density at radius 2 is 1.56 bits per heavy atom. The highest BCUT2D eigenvalue weighted by Crippen LogP contribution is 2.49. The number of hydrogen-bond donors (Lipinski definition) is 1. The molecule has 6 rings (SSSR count). The minimum atomic E-state index is -0.743. The maximum atomic E-state index is 15.3. The van der Waals surface area contributed by atoms with E-state index in [1.54, 1.807) is 16.8 Å². The average Bonchev–Trinajstić information content (AvgIpc) is 3.35.